The minimum Gasteiger partial charge on any atom is -0.463 e. The van der Waals surface area contributed by atoms with Gasteiger partial charge in [0.2, 0.25) is 0 Å². The molecule has 0 bridgehead atoms. The summed E-state index contributed by atoms with van der Waals surface area (Å²) in [6, 6.07) is 9.89. The molecule has 1 aromatic rings. The van der Waals surface area contributed by atoms with Crippen LogP contribution in [0.2, 0.25) is 0 Å². The molecular formula is C16H22O4. The van der Waals surface area contributed by atoms with E-state index in [-0.39, 0.29) is 5.97 Å². The molecule has 1 rings (SSSR count). The number of rotatable bonds is 9. The van der Waals surface area contributed by atoms with Gasteiger partial charge in [0.15, 0.2) is 0 Å². The monoisotopic (exact) mass is 278 g/mol. The lowest BCUT2D eigenvalue weighted by Gasteiger charge is -2.08. The van der Waals surface area contributed by atoms with E-state index in [0.29, 0.717) is 32.7 Å². The molecule has 0 saturated heterocycles. The highest BCUT2D eigenvalue weighted by Crippen LogP contribution is 2.04. The van der Waals surface area contributed by atoms with Crippen LogP contribution in [0.15, 0.2) is 42.5 Å². The van der Waals surface area contributed by atoms with Gasteiger partial charge < -0.3 is 14.6 Å². The van der Waals surface area contributed by atoms with Gasteiger partial charge in [0, 0.05) is 12.7 Å². The van der Waals surface area contributed by atoms with Crippen LogP contribution in [0.1, 0.15) is 25.3 Å². The van der Waals surface area contributed by atoms with Crippen molar-refractivity contribution in [2.24, 2.45) is 0 Å². The molecule has 0 aliphatic heterocycles. The number of hydrogen-bond acceptors (Lipinski definition) is 4. The maximum absolute atomic E-state index is 11.0. The van der Waals surface area contributed by atoms with Crippen molar-refractivity contribution in [2.45, 2.75) is 32.5 Å². The summed E-state index contributed by atoms with van der Waals surface area (Å²) in [6.07, 6.45) is 3.43. The molecule has 0 fully saturated rings. The molecule has 1 aromatic carbocycles. The molecule has 0 aromatic heterocycles. The van der Waals surface area contributed by atoms with Crippen LogP contribution in [0, 0.1) is 0 Å². The standard InChI is InChI=1S/C16H22O4/c1-2-20-16(18)10-6-9-15(17)11-12-19-13-14-7-4-3-5-8-14/h3-8,10,15,17H,2,9,11-13H2,1H3/b10-6+. The zero-order chi connectivity index (χ0) is 14.6. The van der Waals surface area contributed by atoms with Crippen molar-refractivity contribution in [1.82, 2.24) is 0 Å². The first-order valence-corrected chi connectivity index (χ1v) is 6.85. The van der Waals surface area contributed by atoms with Gasteiger partial charge in [0.05, 0.1) is 19.3 Å². The Morgan fingerprint density at radius 3 is 2.80 bits per heavy atom. The van der Waals surface area contributed by atoms with E-state index in [2.05, 4.69) is 0 Å². The fraction of sp³-hybridized carbons (Fsp3) is 0.438. The largest absolute Gasteiger partial charge is 0.463 e. The summed E-state index contributed by atoms with van der Waals surface area (Å²) in [5.41, 5.74) is 1.11. The highest BCUT2D eigenvalue weighted by molar-refractivity contribution is 5.81. The maximum atomic E-state index is 11.0. The summed E-state index contributed by atoms with van der Waals surface area (Å²) in [5.74, 6) is -0.375. The van der Waals surface area contributed by atoms with Crippen molar-refractivity contribution < 1.29 is 19.4 Å². The van der Waals surface area contributed by atoms with Gasteiger partial charge in [0.1, 0.15) is 0 Å². The molecule has 0 aliphatic rings. The van der Waals surface area contributed by atoms with Crippen LogP contribution >= 0.6 is 0 Å². The predicted molar refractivity (Wildman–Crippen MR) is 77.1 cm³/mol. The number of benzene rings is 1. The average molecular weight is 278 g/mol. The fourth-order valence-electron chi connectivity index (χ4n) is 1.61. The Kier molecular flexibility index (Phi) is 8.35. The molecule has 20 heavy (non-hydrogen) atoms. The third kappa shape index (κ3) is 7.71. The van der Waals surface area contributed by atoms with Gasteiger partial charge in [-0.15, -0.1) is 0 Å². The Morgan fingerprint density at radius 1 is 1.35 bits per heavy atom. The normalized spacial score (nSPS) is 12.5. The lowest BCUT2D eigenvalue weighted by Crippen LogP contribution is -2.10. The lowest BCUT2D eigenvalue weighted by atomic mass is 10.2. The smallest absolute Gasteiger partial charge is 0.330 e. The van der Waals surface area contributed by atoms with E-state index in [1.807, 2.05) is 30.3 Å². The molecule has 110 valence electrons. The fourth-order valence-corrected chi connectivity index (χ4v) is 1.61. The van der Waals surface area contributed by atoms with E-state index < -0.39 is 6.10 Å². The number of hydrogen-bond donors (Lipinski definition) is 1. The van der Waals surface area contributed by atoms with E-state index in [0.717, 1.165) is 5.56 Å². The number of esters is 1. The van der Waals surface area contributed by atoms with E-state index in [1.54, 1.807) is 13.0 Å². The minimum atomic E-state index is -0.503. The Bertz CT molecular complexity index is 400. The molecule has 4 heteroatoms. The molecule has 0 heterocycles. The zero-order valence-electron chi connectivity index (χ0n) is 11.8. The first-order chi connectivity index (χ1) is 9.72. The molecule has 0 saturated carbocycles. The van der Waals surface area contributed by atoms with Gasteiger partial charge in [-0.1, -0.05) is 36.4 Å². The van der Waals surface area contributed by atoms with E-state index in [1.165, 1.54) is 6.08 Å². The van der Waals surface area contributed by atoms with Crippen molar-refractivity contribution >= 4 is 5.97 Å². The summed E-state index contributed by atoms with van der Waals surface area (Å²) in [7, 11) is 0. The maximum Gasteiger partial charge on any atom is 0.330 e. The van der Waals surface area contributed by atoms with Crippen LogP contribution in [-0.2, 0) is 20.9 Å². The highest BCUT2D eigenvalue weighted by Gasteiger charge is 2.02. The van der Waals surface area contributed by atoms with Gasteiger partial charge in [-0.2, -0.15) is 0 Å². The highest BCUT2D eigenvalue weighted by atomic mass is 16.5. The third-order valence-corrected chi connectivity index (χ3v) is 2.66. The number of aliphatic hydroxyl groups is 1. The summed E-state index contributed by atoms with van der Waals surface area (Å²) >= 11 is 0. The molecule has 0 amide bonds. The van der Waals surface area contributed by atoms with Crippen molar-refractivity contribution in [3.63, 3.8) is 0 Å². The minimum absolute atomic E-state index is 0.360. The van der Waals surface area contributed by atoms with E-state index in [4.69, 9.17) is 9.47 Å². The van der Waals surface area contributed by atoms with E-state index >= 15 is 0 Å². The van der Waals surface area contributed by atoms with Crippen molar-refractivity contribution in [2.75, 3.05) is 13.2 Å². The van der Waals surface area contributed by atoms with Gasteiger partial charge >= 0.3 is 5.97 Å². The second kappa shape index (κ2) is 10.2. The van der Waals surface area contributed by atoms with Gasteiger partial charge in [0.25, 0.3) is 0 Å². The number of ether oxygens (including phenoxy) is 2. The summed E-state index contributed by atoms with van der Waals surface area (Å²) in [4.78, 5) is 11.0. The lowest BCUT2D eigenvalue weighted by molar-refractivity contribution is -0.137. The Labute approximate surface area is 120 Å². The SMILES string of the molecule is CCOC(=O)/C=C/CC(O)CCOCc1ccccc1. The Hall–Kier alpha value is -1.65. The number of aliphatic hydroxyl groups excluding tert-OH is 1. The summed E-state index contributed by atoms with van der Waals surface area (Å²) in [5, 5.41) is 9.71. The predicted octanol–water partition coefficient (Wildman–Crippen LogP) is 2.46. The van der Waals surface area contributed by atoms with Crippen molar-refractivity contribution in [1.29, 1.82) is 0 Å². The second-order valence-corrected chi connectivity index (χ2v) is 4.37. The van der Waals surface area contributed by atoms with Crippen molar-refractivity contribution in [3.05, 3.63) is 48.0 Å². The summed E-state index contributed by atoms with van der Waals surface area (Å²) in [6.45, 7) is 3.15. The molecule has 1 unspecified atom stereocenters. The molecule has 1 atom stereocenters. The van der Waals surface area contributed by atoms with Gasteiger partial charge in [-0.05, 0) is 25.3 Å². The Morgan fingerprint density at radius 2 is 2.10 bits per heavy atom. The van der Waals surface area contributed by atoms with Crippen molar-refractivity contribution in [3.8, 4) is 0 Å². The molecule has 1 N–H and O–H groups in total. The van der Waals surface area contributed by atoms with Crippen LogP contribution in [0.3, 0.4) is 0 Å². The van der Waals surface area contributed by atoms with Gasteiger partial charge in [-0.3, -0.25) is 0 Å². The van der Waals surface area contributed by atoms with Crippen LogP contribution in [0.4, 0.5) is 0 Å². The summed E-state index contributed by atoms with van der Waals surface area (Å²) < 4.78 is 10.2. The van der Waals surface area contributed by atoms with E-state index in [9.17, 15) is 9.90 Å². The van der Waals surface area contributed by atoms with Gasteiger partial charge in [-0.25, -0.2) is 4.79 Å². The molecule has 4 nitrogen and oxygen atoms in total. The first kappa shape index (κ1) is 16.4. The topological polar surface area (TPSA) is 55.8 Å². The first-order valence-electron chi connectivity index (χ1n) is 6.85. The molecule has 0 radical (unpaired) electrons. The molecule has 0 aliphatic carbocycles. The molecule has 0 spiro atoms. The number of carbonyl (C=O) groups excluding carboxylic acids is 1. The number of carbonyl (C=O) groups is 1. The van der Waals surface area contributed by atoms with Crippen LogP contribution < -0.4 is 0 Å². The average Bonchev–Trinajstić information content (AvgIpc) is 2.45. The quantitative estimate of drug-likeness (QED) is 0.428. The second-order valence-electron chi connectivity index (χ2n) is 4.37. The Balaban J connectivity index is 2.08. The zero-order valence-corrected chi connectivity index (χ0v) is 11.8. The third-order valence-electron chi connectivity index (χ3n) is 2.66. The molecular weight excluding hydrogens is 256 g/mol. The van der Waals surface area contributed by atoms with Crippen LogP contribution in [0.25, 0.3) is 0 Å². The van der Waals surface area contributed by atoms with Crippen LogP contribution in [-0.4, -0.2) is 30.4 Å². The van der Waals surface area contributed by atoms with Crippen LogP contribution in [0.5, 0.6) is 0 Å².